The van der Waals surface area contributed by atoms with E-state index in [4.69, 9.17) is 15.2 Å². The number of para-hydroxylation sites is 1. The normalized spacial score (nSPS) is 16.9. The molecular formula is C35H32F4N4O5S. The fraction of sp³-hybridized carbons (Fsp3) is 0.314. The molecule has 14 heteroatoms. The lowest BCUT2D eigenvalue weighted by atomic mass is 9.87. The number of allylic oxidation sites excluding steroid dienone is 1. The number of ether oxygens (including phenoxy) is 2. The van der Waals surface area contributed by atoms with E-state index in [2.05, 4.69) is 5.10 Å². The monoisotopic (exact) mass is 696 g/mol. The van der Waals surface area contributed by atoms with Crippen molar-refractivity contribution in [2.24, 2.45) is 0 Å². The van der Waals surface area contributed by atoms with Crippen molar-refractivity contribution in [3.8, 4) is 22.9 Å². The average molecular weight is 697 g/mol. The molecule has 0 radical (unpaired) electrons. The molecule has 3 aliphatic rings. The van der Waals surface area contributed by atoms with Crippen molar-refractivity contribution in [1.29, 1.82) is 0 Å². The molecule has 2 aliphatic carbocycles. The first-order valence-corrected chi connectivity index (χ1v) is 17.3. The van der Waals surface area contributed by atoms with E-state index in [1.165, 1.54) is 40.8 Å². The van der Waals surface area contributed by atoms with Crippen LogP contribution in [0.4, 0.5) is 23.4 Å². The van der Waals surface area contributed by atoms with Crippen LogP contribution in [-0.2, 0) is 16.4 Å². The smallest absolute Gasteiger partial charge is 0.387 e. The van der Waals surface area contributed by atoms with Crippen molar-refractivity contribution in [2.75, 3.05) is 18.8 Å². The number of aryl methyl sites for hydroxylation is 1. The highest BCUT2D eigenvalue weighted by Gasteiger charge is 2.41. The van der Waals surface area contributed by atoms with Gasteiger partial charge in [0, 0.05) is 31.1 Å². The molecule has 2 N–H and O–H groups in total. The van der Waals surface area contributed by atoms with Gasteiger partial charge >= 0.3 is 6.61 Å². The Labute approximate surface area is 280 Å². The number of Topliss-reactive ketones (excluding diaryl/α,β-unsaturated/α-hetero) is 1. The van der Waals surface area contributed by atoms with Gasteiger partial charge in [-0.25, -0.2) is 26.2 Å². The molecule has 9 nitrogen and oxygen atoms in total. The number of alkyl halides is 2. The minimum absolute atomic E-state index is 0.0112. The number of nitrogen functional groups attached to an aromatic ring is 1. The highest BCUT2D eigenvalue weighted by molar-refractivity contribution is 7.90. The van der Waals surface area contributed by atoms with Crippen LogP contribution in [-0.4, -0.2) is 53.2 Å². The summed E-state index contributed by atoms with van der Waals surface area (Å²) in [5.41, 5.74) is 8.86. The zero-order chi connectivity index (χ0) is 34.6. The maximum absolute atomic E-state index is 15.4. The van der Waals surface area contributed by atoms with Crippen LogP contribution >= 0.6 is 0 Å². The van der Waals surface area contributed by atoms with Crippen LogP contribution in [0.15, 0.2) is 60.3 Å². The minimum Gasteiger partial charge on any atom is -0.454 e. The highest BCUT2D eigenvalue weighted by atomic mass is 32.2. The van der Waals surface area contributed by atoms with Crippen LogP contribution in [0.25, 0.3) is 11.8 Å². The van der Waals surface area contributed by atoms with Crippen molar-refractivity contribution in [3.63, 3.8) is 0 Å². The van der Waals surface area contributed by atoms with Gasteiger partial charge in [-0.2, -0.15) is 13.9 Å². The molecule has 0 bridgehead atoms. The number of carbonyl (C=O) groups excluding carboxylic acids is 1. The molecule has 0 atom stereocenters. The van der Waals surface area contributed by atoms with Crippen LogP contribution < -0.4 is 15.2 Å². The molecule has 256 valence electrons. The first-order valence-electron chi connectivity index (χ1n) is 15.8. The second-order valence-electron chi connectivity index (χ2n) is 12.5. The lowest BCUT2D eigenvalue weighted by Gasteiger charge is -2.32. The highest BCUT2D eigenvalue weighted by Crippen LogP contribution is 2.42. The summed E-state index contributed by atoms with van der Waals surface area (Å²) >= 11 is 0. The van der Waals surface area contributed by atoms with E-state index >= 15 is 4.39 Å². The second kappa shape index (κ2) is 12.6. The Morgan fingerprint density at radius 3 is 2.41 bits per heavy atom. The molecule has 3 aromatic carbocycles. The summed E-state index contributed by atoms with van der Waals surface area (Å²) in [6.45, 7) is -0.895. The number of rotatable bonds is 10. The molecule has 1 aliphatic heterocycles. The van der Waals surface area contributed by atoms with Crippen LogP contribution in [0.5, 0.6) is 17.2 Å². The summed E-state index contributed by atoms with van der Waals surface area (Å²) in [5, 5.41) is 3.87. The SMILES string of the molecule is Cc1cc(Oc2ccccc2F)cc(F)c1-n1ncc(C(=O)C2=Cc3cc(OC(F)F)c(C4CCN(S(=O)(=O)C5CC5)CC4)cc3C2)c1N. The van der Waals surface area contributed by atoms with E-state index < -0.39 is 34.1 Å². The average Bonchev–Trinajstić information content (AvgIpc) is 3.75. The molecule has 7 rings (SSSR count). The van der Waals surface area contributed by atoms with E-state index in [-0.39, 0.29) is 51.9 Å². The summed E-state index contributed by atoms with van der Waals surface area (Å²) < 4.78 is 94.9. The third-order valence-electron chi connectivity index (χ3n) is 9.24. The summed E-state index contributed by atoms with van der Waals surface area (Å²) in [4.78, 5) is 13.7. The van der Waals surface area contributed by atoms with Gasteiger partial charge in [0.05, 0.1) is 17.0 Å². The van der Waals surface area contributed by atoms with Crippen LogP contribution in [0.2, 0.25) is 0 Å². The van der Waals surface area contributed by atoms with Gasteiger partial charge in [-0.3, -0.25) is 4.79 Å². The number of fused-ring (bicyclic) bond motifs is 1. The zero-order valence-electron chi connectivity index (χ0n) is 26.3. The second-order valence-corrected chi connectivity index (χ2v) is 14.7. The van der Waals surface area contributed by atoms with E-state index in [1.54, 1.807) is 25.1 Å². The molecule has 4 aromatic rings. The Morgan fingerprint density at radius 2 is 1.73 bits per heavy atom. The number of aromatic nitrogens is 2. The number of anilines is 1. The van der Waals surface area contributed by atoms with Gasteiger partial charge in [-0.05, 0) is 91.1 Å². The Hall–Kier alpha value is -4.69. The van der Waals surface area contributed by atoms with Crippen LogP contribution in [0.1, 0.15) is 64.2 Å². The van der Waals surface area contributed by atoms with Gasteiger partial charge in [0.15, 0.2) is 23.2 Å². The fourth-order valence-electron chi connectivity index (χ4n) is 6.62. The number of piperidine rings is 1. The van der Waals surface area contributed by atoms with Crippen molar-refractivity contribution >= 4 is 27.7 Å². The summed E-state index contributed by atoms with van der Waals surface area (Å²) in [6.07, 6.45) is 5.24. The summed E-state index contributed by atoms with van der Waals surface area (Å²) in [7, 11) is -3.34. The number of hydrogen-bond donors (Lipinski definition) is 1. The van der Waals surface area contributed by atoms with Gasteiger partial charge in [0.1, 0.15) is 23.0 Å². The van der Waals surface area contributed by atoms with Gasteiger partial charge in [-0.15, -0.1) is 0 Å². The Bertz CT molecular complexity index is 2080. The number of ketones is 1. The number of hydrogen-bond acceptors (Lipinski definition) is 7. The summed E-state index contributed by atoms with van der Waals surface area (Å²) in [5.74, 6) is -2.18. The number of nitrogens with zero attached hydrogens (tertiary/aromatic N) is 3. The number of nitrogens with two attached hydrogens (primary N) is 1. The lowest BCUT2D eigenvalue weighted by Crippen LogP contribution is -2.39. The molecule has 0 amide bonds. The third kappa shape index (κ3) is 6.30. The van der Waals surface area contributed by atoms with E-state index in [9.17, 15) is 26.4 Å². The maximum Gasteiger partial charge on any atom is 0.387 e. The number of benzene rings is 3. The van der Waals surface area contributed by atoms with Crippen LogP contribution in [0, 0.1) is 18.6 Å². The molecule has 0 spiro atoms. The van der Waals surface area contributed by atoms with Gasteiger partial charge in [-0.1, -0.05) is 18.2 Å². The predicted octanol–water partition coefficient (Wildman–Crippen LogP) is 6.93. The molecule has 1 saturated heterocycles. The molecule has 0 unspecified atom stereocenters. The number of sulfonamides is 1. The van der Waals surface area contributed by atoms with E-state index in [1.807, 2.05) is 0 Å². The lowest BCUT2D eigenvalue weighted by molar-refractivity contribution is -0.0507. The zero-order valence-corrected chi connectivity index (χ0v) is 27.2. The van der Waals surface area contributed by atoms with Crippen LogP contribution in [0.3, 0.4) is 0 Å². The molecule has 2 heterocycles. The first kappa shape index (κ1) is 32.8. The fourth-order valence-corrected chi connectivity index (χ4v) is 8.50. The Morgan fingerprint density at radius 1 is 1.00 bits per heavy atom. The Kier molecular flexibility index (Phi) is 8.47. The number of halogens is 4. The maximum atomic E-state index is 15.4. The van der Waals surface area contributed by atoms with E-state index in [0.29, 0.717) is 61.0 Å². The topological polar surface area (TPSA) is 117 Å². The minimum atomic E-state index is -3.34. The summed E-state index contributed by atoms with van der Waals surface area (Å²) in [6, 6.07) is 11.5. The molecular weight excluding hydrogens is 664 g/mol. The standard InChI is InChI=1S/C35H32F4N4O5S/c1-19-12-24(47-30-5-3-2-4-28(30)36)17-29(37)32(19)43-34(40)27(18-41-43)33(44)23-13-21-15-26(31(48-35(38)39)16-22(21)14-23)20-8-10-42(11-9-20)49(45,46)25-6-7-25/h2-5,12,14-18,20,25,35H,6-11,13,40H2,1H3. The quantitative estimate of drug-likeness (QED) is 0.141. The van der Waals surface area contributed by atoms with E-state index in [0.717, 1.165) is 16.3 Å². The molecule has 2 fully saturated rings. The first-order chi connectivity index (χ1) is 23.4. The molecule has 49 heavy (non-hydrogen) atoms. The van der Waals surface area contributed by atoms with Crippen molar-refractivity contribution in [1.82, 2.24) is 14.1 Å². The van der Waals surface area contributed by atoms with Crippen molar-refractivity contribution in [3.05, 3.63) is 99.8 Å². The number of carbonyl (C=O) groups is 1. The molecule has 1 aromatic heterocycles. The predicted molar refractivity (Wildman–Crippen MR) is 174 cm³/mol. The van der Waals surface area contributed by atoms with Crippen molar-refractivity contribution in [2.45, 2.75) is 56.8 Å². The van der Waals surface area contributed by atoms with Gasteiger partial charge < -0.3 is 15.2 Å². The largest absolute Gasteiger partial charge is 0.454 e. The third-order valence-corrected chi connectivity index (χ3v) is 11.6. The Balaban J connectivity index is 1.11. The van der Waals surface area contributed by atoms with Crippen molar-refractivity contribution < 1.29 is 40.2 Å². The van der Waals surface area contributed by atoms with Gasteiger partial charge in [0.2, 0.25) is 10.0 Å². The van der Waals surface area contributed by atoms with Gasteiger partial charge in [0.25, 0.3) is 0 Å². The molecule has 1 saturated carbocycles.